The van der Waals surface area contributed by atoms with E-state index >= 15 is 0 Å². The second-order valence-electron chi connectivity index (χ2n) is 9.67. The monoisotopic (exact) mass is 464 g/mol. The molecular formula is C31H32N2O2. The van der Waals surface area contributed by atoms with Crippen molar-refractivity contribution in [3.8, 4) is 0 Å². The Morgan fingerprint density at radius 1 is 0.571 bits per heavy atom. The first-order valence-corrected chi connectivity index (χ1v) is 11.8. The molecule has 1 amide bonds. The molecule has 4 aromatic rings. The molecule has 0 saturated carbocycles. The summed E-state index contributed by atoms with van der Waals surface area (Å²) >= 11 is 0. The Kier molecular flexibility index (Phi) is 6.92. The summed E-state index contributed by atoms with van der Waals surface area (Å²) in [6.45, 7) is 9.74. The lowest BCUT2D eigenvalue weighted by Crippen LogP contribution is -2.33. The molecule has 0 fully saturated rings. The van der Waals surface area contributed by atoms with Crippen molar-refractivity contribution in [3.63, 3.8) is 0 Å². The van der Waals surface area contributed by atoms with Crippen LogP contribution in [0.1, 0.15) is 31.9 Å². The van der Waals surface area contributed by atoms with E-state index in [0.29, 0.717) is 0 Å². The van der Waals surface area contributed by atoms with E-state index in [0.717, 1.165) is 34.0 Å². The normalized spacial score (nSPS) is 11.1. The second-order valence-corrected chi connectivity index (χ2v) is 9.67. The molecule has 0 atom stereocenters. The number of ether oxygens (including phenoxy) is 1. The predicted octanol–water partition coefficient (Wildman–Crippen LogP) is 8.85. The highest BCUT2D eigenvalue weighted by atomic mass is 16.6. The third kappa shape index (κ3) is 5.90. The van der Waals surface area contributed by atoms with Crippen molar-refractivity contribution in [2.45, 2.75) is 40.2 Å². The molecule has 178 valence electrons. The highest BCUT2D eigenvalue weighted by Crippen LogP contribution is 2.36. The molecule has 0 aliphatic rings. The molecule has 0 spiro atoms. The van der Waals surface area contributed by atoms with Gasteiger partial charge in [0.25, 0.3) is 0 Å². The van der Waals surface area contributed by atoms with Crippen LogP contribution in [0.2, 0.25) is 0 Å². The molecule has 0 aliphatic carbocycles. The molecule has 4 heteroatoms. The Hall–Kier alpha value is -4.05. The van der Waals surface area contributed by atoms with Gasteiger partial charge < -0.3 is 9.64 Å². The molecule has 0 unspecified atom stereocenters. The maximum atomic E-state index is 13.2. The number of aryl methyl sites for hydroxylation is 2. The van der Waals surface area contributed by atoms with Crippen molar-refractivity contribution in [1.82, 2.24) is 0 Å². The zero-order chi connectivity index (χ0) is 25.0. The second kappa shape index (κ2) is 10.1. The van der Waals surface area contributed by atoms with Gasteiger partial charge in [0.15, 0.2) is 0 Å². The van der Waals surface area contributed by atoms with E-state index in [9.17, 15) is 4.79 Å². The number of carbonyl (C=O) groups is 1. The van der Waals surface area contributed by atoms with Crippen LogP contribution in [0, 0.1) is 13.8 Å². The third-order valence-corrected chi connectivity index (χ3v) is 5.54. The van der Waals surface area contributed by atoms with Crippen LogP contribution in [0.3, 0.4) is 0 Å². The number of benzene rings is 4. The van der Waals surface area contributed by atoms with Crippen LogP contribution in [0.5, 0.6) is 0 Å². The van der Waals surface area contributed by atoms with Gasteiger partial charge in [-0.2, -0.15) is 0 Å². The van der Waals surface area contributed by atoms with Crippen molar-refractivity contribution in [2.24, 2.45) is 0 Å². The van der Waals surface area contributed by atoms with Crippen LogP contribution in [0.15, 0.2) is 103 Å². The van der Waals surface area contributed by atoms with Gasteiger partial charge in [0.05, 0.1) is 11.4 Å². The molecule has 0 heterocycles. The molecule has 4 rings (SSSR count). The third-order valence-electron chi connectivity index (χ3n) is 5.54. The minimum absolute atomic E-state index is 0.410. The molecule has 0 aliphatic heterocycles. The summed E-state index contributed by atoms with van der Waals surface area (Å²) in [5.41, 5.74) is 6.36. The van der Waals surface area contributed by atoms with E-state index in [2.05, 4.69) is 48.2 Å². The van der Waals surface area contributed by atoms with E-state index in [4.69, 9.17) is 4.74 Å². The van der Waals surface area contributed by atoms with E-state index in [1.165, 1.54) is 5.56 Å². The number of hydrogen-bond donors (Lipinski definition) is 0. The Balaban J connectivity index is 1.74. The minimum atomic E-state index is -0.602. The Morgan fingerprint density at radius 2 is 0.943 bits per heavy atom. The topological polar surface area (TPSA) is 32.8 Å². The minimum Gasteiger partial charge on any atom is -0.443 e. The van der Waals surface area contributed by atoms with Gasteiger partial charge in [-0.25, -0.2) is 9.69 Å². The summed E-state index contributed by atoms with van der Waals surface area (Å²) in [6.07, 6.45) is -0.410. The van der Waals surface area contributed by atoms with E-state index < -0.39 is 11.7 Å². The summed E-state index contributed by atoms with van der Waals surface area (Å²) in [7, 11) is 0. The van der Waals surface area contributed by atoms with Gasteiger partial charge >= 0.3 is 6.09 Å². The standard InChI is InChI=1S/C31H32N2O2/c1-23-11-15-26(16-12-23)32(25-9-7-6-8-10-25)27-19-21-29(22-20-27)33(30(34)35-31(3,4)5)28-17-13-24(2)14-18-28/h6-22H,1-5H3. The zero-order valence-electron chi connectivity index (χ0n) is 21.0. The SMILES string of the molecule is Cc1ccc(N(C(=O)OC(C)(C)C)c2ccc(N(c3ccccc3)c3ccc(C)cc3)cc2)cc1. The summed E-state index contributed by atoms with van der Waals surface area (Å²) in [6, 6.07) is 34.6. The van der Waals surface area contributed by atoms with E-state index in [1.54, 1.807) is 4.90 Å². The number of rotatable bonds is 5. The highest BCUT2D eigenvalue weighted by molar-refractivity contribution is 5.96. The number of para-hydroxylation sites is 1. The molecule has 0 aromatic heterocycles. The fraction of sp³-hybridized carbons (Fsp3) is 0.194. The fourth-order valence-corrected chi connectivity index (χ4v) is 3.83. The molecule has 0 radical (unpaired) electrons. The fourth-order valence-electron chi connectivity index (χ4n) is 3.83. The van der Waals surface area contributed by atoms with Gasteiger partial charge in [-0.15, -0.1) is 0 Å². The summed E-state index contributed by atoms with van der Waals surface area (Å²) in [5.74, 6) is 0. The average Bonchev–Trinajstić information content (AvgIpc) is 2.82. The van der Waals surface area contributed by atoms with Crippen LogP contribution < -0.4 is 9.80 Å². The predicted molar refractivity (Wildman–Crippen MR) is 145 cm³/mol. The van der Waals surface area contributed by atoms with Crippen molar-refractivity contribution in [2.75, 3.05) is 9.80 Å². The summed E-state index contributed by atoms with van der Waals surface area (Å²) in [5, 5.41) is 0. The van der Waals surface area contributed by atoms with Crippen molar-refractivity contribution in [3.05, 3.63) is 114 Å². The van der Waals surface area contributed by atoms with E-state index in [-0.39, 0.29) is 0 Å². The van der Waals surface area contributed by atoms with Gasteiger partial charge in [0.1, 0.15) is 5.60 Å². The van der Waals surface area contributed by atoms with Crippen LogP contribution in [0.25, 0.3) is 0 Å². The van der Waals surface area contributed by atoms with Gasteiger partial charge in [0.2, 0.25) is 0 Å². The Labute approximate surface area is 208 Å². The highest BCUT2D eigenvalue weighted by Gasteiger charge is 2.25. The zero-order valence-corrected chi connectivity index (χ0v) is 21.0. The largest absolute Gasteiger partial charge is 0.443 e. The average molecular weight is 465 g/mol. The Bertz CT molecular complexity index is 1260. The van der Waals surface area contributed by atoms with E-state index in [1.807, 2.05) is 94.4 Å². The number of hydrogen-bond acceptors (Lipinski definition) is 3. The van der Waals surface area contributed by atoms with Gasteiger partial charge in [-0.3, -0.25) is 0 Å². The number of anilines is 5. The van der Waals surface area contributed by atoms with Crippen molar-refractivity contribution >= 4 is 34.5 Å². The van der Waals surface area contributed by atoms with Crippen molar-refractivity contribution < 1.29 is 9.53 Å². The molecule has 35 heavy (non-hydrogen) atoms. The molecule has 4 nitrogen and oxygen atoms in total. The molecule has 0 N–H and O–H groups in total. The first-order chi connectivity index (χ1) is 16.7. The van der Waals surface area contributed by atoms with Gasteiger partial charge in [-0.05, 0) is 95.3 Å². The lowest BCUT2D eigenvalue weighted by molar-refractivity contribution is 0.0599. The van der Waals surface area contributed by atoms with Gasteiger partial charge in [-0.1, -0.05) is 53.6 Å². The summed E-state index contributed by atoms with van der Waals surface area (Å²) in [4.78, 5) is 17.1. The van der Waals surface area contributed by atoms with Crippen molar-refractivity contribution in [1.29, 1.82) is 0 Å². The molecule has 0 bridgehead atoms. The van der Waals surface area contributed by atoms with Crippen LogP contribution >= 0.6 is 0 Å². The van der Waals surface area contributed by atoms with Crippen LogP contribution in [-0.4, -0.2) is 11.7 Å². The Morgan fingerprint density at radius 3 is 1.40 bits per heavy atom. The quantitative estimate of drug-likeness (QED) is 0.296. The lowest BCUT2D eigenvalue weighted by Gasteiger charge is -2.29. The summed E-state index contributed by atoms with van der Waals surface area (Å²) < 4.78 is 5.74. The number of nitrogens with zero attached hydrogens (tertiary/aromatic N) is 2. The first kappa shape index (κ1) is 24.1. The van der Waals surface area contributed by atoms with Crippen LogP contribution in [-0.2, 0) is 4.74 Å². The first-order valence-electron chi connectivity index (χ1n) is 11.8. The van der Waals surface area contributed by atoms with Gasteiger partial charge in [0, 0.05) is 17.1 Å². The maximum absolute atomic E-state index is 13.2. The smallest absolute Gasteiger partial charge is 0.419 e. The molecule has 4 aromatic carbocycles. The lowest BCUT2D eigenvalue weighted by atomic mass is 10.1. The number of amides is 1. The molecular weight excluding hydrogens is 432 g/mol. The molecule has 0 saturated heterocycles. The van der Waals surface area contributed by atoms with Crippen LogP contribution in [0.4, 0.5) is 33.2 Å². The maximum Gasteiger partial charge on any atom is 0.419 e. The number of carbonyl (C=O) groups excluding carboxylic acids is 1.